The summed E-state index contributed by atoms with van der Waals surface area (Å²) in [6, 6.07) is 5.56. The fourth-order valence-electron chi connectivity index (χ4n) is 3.69. The summed E-state index contributed by atoms with van der Waals surface area (Å²) in [5, 5.41) is 0. The van der Waals surface area contributed by atoms with Crippen LogP contribution in [0, 0.1) is 0 Å². The van der Waals surface area contributed by atoms with Crippen molar-refractivity contribution in [3.8, 4) is 0 Å². The van der Waals surface area contributed by atoms with Crippen LogP contribution in [0.1, 0.15) is 38.3 Å². The Hall–Kier alpha value is -1.13. The predicted octanol–water partition coefficient (Wildman–Crippen LogP) is 2.38. The minimum Gasteiger partial charge on any atom is -0.354 e. The number of nitrogens with zero attached hydrogens (tertiary/aromatic N) is 4. The maximum absolute atomic E-state index is 4.75. The molecule has 1 aromatic heterocycles. The van der Waals surface area contributed by atoms with Crippen molar-refractivity contribution in [3.05, 3.63) is 23.9 Å². The number of likely N-dealkylation sites (tertiary alicyclic amines) is 1. The molecule has 2 aliphatic rings. The van der Waals surface area contributed by atoms with Gasteiger partial charge in [-0.05, 0) is 46.3 Å². The van der Waals surface area contributed by atoms with Gasteiger partial charge in [0.05, 0.1) is 0 Å². The summed E-state index contributed by atoms with van der Waals surface area (Å²) >= 11 is 0. The molecule has 0 aliphatic carbocycles. The summed E-state index contributed by atoms with van der Waals surface area (Å²) in [5.41, 5.74) is 1.44. The topological polar surface area (TPSA) is 22.6 Å². The summed E-state index contributed by atoms with van der Waals surface area (Å²) < 4.78 is 0. The van der Waals surface area contributed by atoms with Gasteiger partial charge in [-0.15, -0.1) is 0 Å². The van der Waals surface area contributed by atoms with Crippen LogP contribution in [0.2, 0.25) is 0 Å². The van der Waals surface area contributed by atoms with Crippen LogP contribution in [-0.2, 0) is 0 Å². The number of hydrogen-bond donors (Lipinski definition) is 0. The molecular formula is C17H28N4. The van der Waals surface area contributed by atoms with Crippen molar-refractivity contribution in [2.75, 3.05) is 44.7 Å². The monoisotopic (exact) mass is 288 g/mol. The van der Waals surface area contributed by atoms with E-state index in [0.29, 0.717) is 12.1 Å². The van der Waals surface area contributed by atoms with Gasteiger partial charge in [0.1, 0.15) is 5.82 Å². The lowest BCUT2D eigenvalue weighted by Gasteiger charge is -2.36. The first-order valence-electron chi connectivity index (χ1n) is 8.31. The number of piperazine rings is 1. The largest absolute Gasteiger partial charge is 0.354 e. The average Bonchev–Trinajstić information content (AvgIpc) is 2.98. The predicted molar refractivity (Wildman–Crippen MR) is 87.8 cm³/mol. The Morgan fingerprint density at radius 3 is 2.62 bits per heavy atom. The van der Waals surface area contributed by atoms with Crippen LogP contribution in [0.3, 0.4) is 0 Å². The van der Waals surface area contributed by atoms with E-state index in [4.69, 9.17) is 4.98 Å². The quantitative estimate of drug-likeness (QED) is 0.851. The van der Waals surface area contributed by atoms with Gasteiger partial charge in [-0.25, -0.2) is 4.98 Å². The fraction of sp³-hybridized carbons (Fsp3) is 0.706. The Morgan fingerprint density at radius 2 is 1.90 bits per heavy atom. The molecule has 0 amide bonds. The van der Waals surface area contributed by atoms with Gasteiger partial charge in [-0.2, -0.15) is 0 Å². The molecule has 2 saturated heterocycles. The summed E-state index contributed by atoms with van der Waals surface area (Å²) in [7, 11) is 2.20. The Balaban J connectivity index is 1.85. The highest BCUT2D eigenvalue weighted by atomic mass is 15.3. The zero-order chi connectivity index (χ0) is 14.8. The first kappa shape index (κ1) is 14.8. The summed E-state index contributed by atoms with van der Waals surface area (Å²) in [5.74, 6) is 1.23. The molecule has 0 N–H and O–H groups in total. The molecular weight excluding hydrogens is 260 g/mol. The first-order valence-corrected chi connectivity index (χ1v) is 8.31. The second kappa shape index (κ2) is 6.32. The van der Waals surface area contributed by atoms with E-state index in [1.807, 2.05) is 6.20 Å². The van der Waals surface area contributed by atoms with Crippen molar-refractivity contribution >= 4 is 5.82 Å². The molecule has 21 heavy (non-hydrogen) atoms. The van der Waals surface area contributed by atoms with Crippen LogP contribution >= 0.6 is 0 Å². The van der Waals surface area contributed by atoms with Crippen LogP contribution in [0.15, 0.2) is 18.3 Å². The second-order valence-corrected chi connectivity index (χ2v) is 6.70. The molecule has 0 aromatic carbocycles. The fourth-order valence-corrected chi connectivity index (χ4v) is 3.69. The van der Waals surface area contributed by atoms with Gasteiger partial charge < -0.3 is 9.80 Å². The second-order valence-electron chi connectivity index (χ2n) is 6.70. The van der Waals surface area contributed by atoms with E-state index in [1.54, 1.807) is 0 Å². The zero-order valence-electron chi connectivity index (χ0n) is 13.6. The lowest BCUT2D eigenvalue weighted by atomic mass is 10.0. The highest BCUT2D eigenvalue weighted by Gasteiger charge is 2.31. The molecule has 3 heterocycles. The first-order chi connectivity index (χ1) is 10.2. The molecule has 2 fully saturated rings. The highest BCUT2D eigenvalue weighted by Crippen LogP contribution is 2.37. The molecule has 4 nitrogen and oxygen atoms in total. The molecule has 3 rings (SSSR count). The van der Waals surface area contributed by atoms with Crippen LogP contribution < -0.4 is 4.90 Å². The van der Waals surface area contributed by atoms with Gasteiger partial charge in [-0.3, -0.25) is 4.90 Å². The van der Waals surface area contributed by atoms with E-state index >= 15 is 0 Å². The summed E-state index contributed by atoms with van der Waals surface area (Å²) in [4.78, 5) is 12.3. The molecule has 1 unspecified atom stereocenters. The maximum Gasteiger partial charge on any atom is 0.133 e. The van der Waals surface area contributed by atoms with Crippen molar-refractivity contribution in [2.24, 2.45) is 0 Å². The van der Waals surface area contributed by atoms with Gasteiger partial charge in [0.25, 0.3) is 0 Å². The van der Waals surface area contributed by atoms with Gasteiger partial charge in [0, 0.05) is 50.0 Å². The minimum absolute atomic E-state index is 0.549. The molecule has 4 heteroatoms. The number of aromatic nitrogens is 1. The molecule has 116 valence electrons. The Morgan fingerprint density at radius 1 is 1.14 bits per heavy atom. The SMILES string of the molecule is CC(C)N1CCCC1c1cccnc1N1CCN(C)CC1. The van der Waals surface area contributed by atoms with Crippen LogP contribution in [0.4, 0.5) is 5.82 Å². The van der Waals surface area contributed by atoms with E-state index in [1.165, 1.54) is 30.8 Å². The summed E-state index contributed by atoms with van der Waals surface area (Å²) in [6.45, 7) is 10.3. The molecule has 2 aliphatic heterocycles. The lowest BCUT2D eigenvalue weighted by molar-refractivity contribution is 0.205. The van der Waals surface area contributed by atoms with Gasteiger partial charge >= 0.3 is 0 Å². The van der Waals surface area contributed by atoms with Gasteiger partial charge in [-0.1, -0.05) is 6.07 Å². The van der Waals surface area contributed by atoms with Crippen molar-refractivity contribution in [1.82, 2.24) is 14.8 Å². The Labute approximate surface area is 128 Å². The van der Waals surface area contributed by atoms with Crippen LogP contribution in [0.5, 0.6) is 0 Å². The number of hydrogen-bond acceptors (Lipinski definition) is 4. The number of rotatable bonds is 3. The number of anilines is 1. The molecule has 1 atom stereocenters. The normalized spacial score (nSPS) is 25.0. The van der Waals surface area contributed by atoms with Gasteiger partial charge in [0.15, 0.2) is 0 Å². The van der Waals surface area contributed by atoms with Crippen LogP contribution in [-0.4, -0.2) is 60.6 Å². The van der Waals surface area contributed by atoms with E-state index in [0.717, 1.165) is 26.2 Å². The van der Waals surface area contributed by atoms with Crippen LogP contribution in [0.25, 0.3) is 0 Å². The van der Waals surface area contributed by atoms with Gasteiger partial charge in [0.2, 0.25) is 0 Å². The molecule has 0 spiro atoms. The molecule has 0 saturated carbocycles. The van der Waals surface area contributed by atoms with E-state index in [9.17, 15) is 0 Å². The average molecular weight is 288 g/mol. The Bertz CT molecular complexity index is 466. The standard InChI is InChI=1S/C17H28N4/c1-14(2)21-9-5-7-16(21)15-6-4-8-18-17(15)20-12-10-19(3)11-13-20/h4,6,8,14,16H,5,7,9-13H2,1-3H3. The number of pyridine rings is 1. The highest BCUT2D eigenvalue weighted by molar-refractivity contribution is 5.49. The third kappa shape index (κ3) is 3.06. The van der Waals surface area contributed by atoms with Crippen molar-refractivity contribution < 1.29 is 0 Å². The molecule has 0 bridgehead atoms. The lowest BCUT2D eigenvalue weighted by Crippen LogP contribution is -2.45. The smallest absolute Gasteiger partial charge is 0.133 e. The molecule has 0 radical (unpaired) electrons. The third-order valence-electron chi connectivity index (χ3n) is 4.94. The van der Waals surface area contributed by atoms with E-state index < -0.39 is 0 Å². The van der Waals surface area contributed by atoms with E-state index in [-0.39, 0.29) is 0 Å². The zero-order valence-corrected chi connectivity index (χ0v) is 13.6. The van der Waals surface area contributed by atoms with Crippen molar-refractivity contribution in [2.45, 2.75) is 38.8 Å². The maximum atomic E-state index is 4.75. The molecule has 1 aromatic rings. The van der Waals surface area contributed by atoms with Crippen molar-refractivity contribution in [1.29, 1.82) is 0 Å². The van der Waals surface area contributed by atoms with Crippen molar-refractivity contribution in [3.63, 3.8) is 0 Å². The summed E-state index contributed by atoms with van der Waals surface area (Å²) in [6.07, 6.45) is 4.52. The van der Waals surface area contributed by atoms with E-state index in [2.05, 4.69) is 47.7 Å². The third-order valence-corrected chi connectivity index (χ3v) is 4.94. The minimum atomic E-state index is 0.549. The Kier molecular flexibility index (Phi) is 4.45. The number of likely N-dealkylation sites (N-methyl/N-ethyl adjacent to an activating group) is 1.